The Kier molecular flexibility index (Phi) is 13.4. The predicted molar refractivity (Wildman–Crippen MR) is 124 cm³/mol. The van der Waals surface area contributed by atoms with Gasteiger partial charge in [0.05, 0.1) is 6.61 Å². The quantitative estimate of drug-likeness (QED) is 0.0961. The number of hydrogen-bond acceptors (Lipinski definition) is 12. The zero-order valence-corrected chi connectivity index (χ0v) is 20.8. The van der Waals surface area contributed by atoms with Crippen molar-refractivity contribution in [1.82, 2.24) is 0 Å². The molecule has 0 radical (unpaired) electrons. The zero-order chi connectivity index (χ0) is 26.8. The van der Waals surface area contributed by atoms with Crippen molar-refractivity contribution in [3.8, 4) is 0 Å². The Bertz CT molecular complexity index is 634. The highest BCUT2D eigenvalue weighted by Gasteiger charge is 2.54. The van der Waals surface area contributed by atoms with Crippen LogP contribution in [0.3, 0.4) is 0 Å². The molecule has 0 unspecified atom stereocenters. The minimum atomic E-state index is -1.87. The zero-order valence-electron chi connectivity index (χ0n) is 20.8. The van der Waals surface area contributed by atoms with E-state index in [1.807, 2.05) is 0 Å². The lowest BCUT2D eigenvalue weighted by atomic mass is 9.84. The van der Waals surface area contributed by atoms with Crippen molar-refractivity contribution in [2.24, 2.45) is 0 Å². The molecule has 36 heavy (non-hydrogen) atoms. The van der Waals surface area contributed by atoms with Gasteiger partial charge in [-0.3, -0.25) is 4.79 Å². The minimum Gasteiger partial charge on any atom is -0.457 e. The lowest BCUT2D eigenvalue weighted by molar-refractivity contribution is -0.340. The highest BCUT2D eigenvalue weighted by molar-refractivity contribution is 5.69. The van der Waals surface area contributed by atoms with Crippen LogP contribution in [0.15, 0.2) is 0 Å². The Balaban J connectivity index is 1.94. The van der Waals surface area contributed by atoms with E-state index >= 15 is 0 Å². The number of carbonyl (C=O) groups is 1. The third kappa shape index (κ3) is 8.29. The van der Waals surface area contributed by atoms with Crippen LogP contribution in [0, 0.1) is 0 Å². The van der Waals surface area contributed by atoms with Crippen molar-refractivity contribution < 1.29 is 59.9 Å². The molecule has 1 saturated carbocycles. The molecule has 0 aromatic heterocycles. The molecule has 0 bridgehead atoms. The second-order valence-electron chi connectivity index (χ2n) is 9.79. The second kappa shape index (κ2) is 15.5. The summed E-state index contributed by atoms with van der Waals surface area (Å²) in [5, 5.41) is 80.6. The molecule has 1 heterocycles. The van der Waals surface area contributed by atoms with Gasteiger partial charge >= 0.3 is 5.97 Å². The fourth-order valence-corrected chi connectivity index (χ4v) is 4.60. The van der Waals surface area contributed by atoms with Gasteiger partial charge in [-0.15, -0.1) is 0 Å². The third-order valence-electron chi connectivity index (χ3n) is 6.94. The van der Waals surface area contributed by atoms with Crippen molar-refractivity contribution >= 4 is 5.97 Å². The average Bonchev–Trinajstić information content (AvgIpc) is 2.87. The molecule has 2 fully saturated rings. The Morgan fingerprint density at radius 3 is 1.72 bits per heavy atom. The monoisotopic (exact) mass is 524 g/mol. The van der Waals surface area contributed by atoms with E-state index in [9.17, 15) is 45.6 Å². The topological polar surface area (TPSA) is 207 Å². The predicted octanol–water partition coefficient (Wildman–Crippen LogP) is -1.54. The van der Waals surface area contributed by atoms with Crippen LogP contribution >= 0.6 is 0 Å². The molecule has 2 rings (SSSR count). The summed E-state index contributed by atoms with van der Waals surface area (Å²) < 4.78 is 16.1. The first kappa shape index (κ1) is 31.3. The van der Waals surface area contributed by atoms with Gasteiger partial charge in [0, 0.05) is 6.42 Å². The third-order valence-corrected chi connectivity index (χ3v) is 6.94. The minimum absolute atomic E-state index is 0.0283. The lowest BCUT2D eigenvalue weighted by Gasteiger charge is -2.46. The largest absolute Gasteiger partial charge is 0.457 e. The highest BCUT2D eigenvalue weighted by atomic mass is 16.7. The molecule has 0 amide bonds. The summed E-state index contributed by atoms with van der Waals surface area (Å²) in [4.78, 5) is 12.5. The van der Waals surface area contributed by atoms with Crippen LogP contribution in [0.4, 0.5) is 0 Å². The number of aliphatic hydroxyl groups excluding tert-OH is 8. The molecule has 0 aromatic carbocycles. The fourth-order valence-electron chi connectivity index (χ4n) is 4.60. The molecule has 2 aliphatic rings. The first-order valence-corrected chi connectivity index (χ1v) is 13.0. The van der Waals surface area contributed by atoms with Gasteiger partial charge in [-0.25, -0.2) is 0 Å². The van der Waals surface area contributed by atoms with Crippen molar-refractivity contribution in [3.63, 3.8) is 0 Å². The van der Waals surface area contributed by atoms with Gasteiger partial charge in [0.15, 0.2) is 12.4 Å². The number of carbonyl (C=O) groups excluding carboxylic acids is 1. The molecule has 1 aliphatic heterocycles. The smallest absolute Gasteiger partial charge is 0.306 e. The van der Waals surface area contributed by atoms with E-state index in [-0.39, 0.29) is 6.42 Å². The molecule has 8 N–H and O–H groups in total. The van der Waals surface area contributed by atoms with E-state index in [0.29, 0.717) is 6.42 Å². The van der Waals surface area contributed by atoms with E-state index in [4.69, 9.17) is 14.2 Å². The van der Waals surface area contributed by atoms with Gasteiger partial charge in [0.2, 0.25) is 0 Å². The Morgan fingerprint density at radius 2 is 1.17 bits per heavy atom. The Labute approximate surface area is 211 Å². The molecule has 1 aliphatic carbocycles. The molecule has 12 nitrogen and oxygen atoms in total. The average molecular weight is 525 g/mol. The van der Waals surface area contributed by atoms with E-state index in [2.05, 4.69) is 6.92 Å². The van der Waals surface area contributed by atoms with Crippen molar-refractivity contribution in [2.45, 2.75) is 138 Å². The highest BCUT2D eigenvalue weighted by Crippen LogP contribution is 2.31. The van der Waals surface area contributed by atoms with Crippen LogP contribution in [-0.2, 0) is 19.0 Å². The number of ether oxygens (including phenoxy) is 3. The van der Waals surface area contributed by atoms with Gasteiger partial charge in [-0.05, 0) is 6.42 Å². The van der Waals surface area contributed by atoms with Crippen molar-refractivity contribution in [1.29, 1.82) is 0 Å². The summed E-state index contributed by atoms with van der Waals surface area (Å²) in [6.45, 7) is 1.44. The molecule has 0 spiro atoms. The van der Waals surface area contributed by atoms with E-state index in [0.717, 1.165) is 25.7 Å². The number of unbranched alkanes of at least 4 members (excludes halogenated alkanes) is 8. The number of aliphatic hydroxyl groups is 8. The summed E-state index contributed by atoms with van der Waals surface area (Å²) in [7, 11) is 0. The molecular formula is C24H44O12. The van der Waals surface area contributed by atoms with Gasteiger partial charge in [0.25, 0.3) is 0 Å². The summed E-state index contributed by atoms with van der Waals surface area (Å²) in [5.74, 6) is -0.708. The van der Waals surface area contributed by atoms with Crippen LogP contribution in [0.25, 0.3) is 0 Å². The van der Waals surface area contributed by atoms with Crippen LogP contribution in [0.1, 0.15) is 71.1 Å². The molecule has 0 aromatic rings. The number of esters is 1. The van der Waals surface area contributed by atoms with E-state index in [1.54, 1.807) is 0 Å². The van der Waals surface area contributed by atoms with E-state index < -0.39 is 79.9 Å². The Hall–Kier alpha value is -0.930. The Morgan fingerprint density at radius 1 is 0.667 bits per heavy atom. The second-order valence-corrected chi connectivity index (χ2v) is 9.79. The van der Waals surface area contributed by atoms with Crippen LogP contribution < -0.4 is 0 Å². The molecular weight excluding hydrogens is 480 g/mol. The first-order chi connectivity index (χ1) is 17.1. The standard InChI is InChI=1S/C24H44O12/c1-2-3-4-5-6-7-8-9-10-11-14(26)35-22-19(31)17(29)18(30)20(32)23(22)36-24-21(33)16(28)15(27)13(12-25)34-24/h13,15-25,27-33H,2-12H2,1H3/t13-,15-,16+,17+,18+,19-,20-,21+,22-,23+,24+/m1/s1. The SMILES string of the molecule is CCCCCCCCCCCC(=O)O[C@@H]1[C@H](O)[C@@H](O)[C@H](O)[C@@H](O)[C@@H]1O[C@@H]1O[C@H](CO)[C@@H](O)[C@H](O)[C@@H]1O. The summed E-state index contributed by atoms with van der Waals surface area (Å²) in [5.41, 5.74) is 0. The molecule has 1 saturated heterocycles. The first-order valence-electron chi connectivity index (χ1n) is 13.0. The van der Waals surface area contributed by atoms with Crippen LogP contribution in [-0.4, -0.2) is 121 Å². The van der Waals surface area contributed by atoms with Crippen LogP contribution in [0.5, 0.6) is 0 Å². The normalized spacial score (nSPS) is 39.2. The molecule has 11 atom stereocenters. The summed E-state index contributed by atoms with van der Waals surface area (Å²) in [6, 6.07) is 0. The van der Waals surface area contributed by atoms with Gasteiger partial charge < -0.3 is 55.1 Å². The lowest BCUT2D eigenvalue weighted by Crippen LogP contribution is -2.67. The fraction of sp³-hybridized carbons (Fsp3) is 0.958. The van der Waals surface area contributed by atoms with Gasteiger partial charge in [0.1, 0.15) is 54.9 Å². The number of hydrogen-bond donors (Lipinski definition) is 8. The molecule has 212 valence electrons. The summed E-state index contributed by atoms with van der Waals surface area (Å²) >= 11 is 0. The number of rotatable bonds is 14. The maximum absolute atomic E-state index is 12.5. The summed E-state index contributed by atoms with van der Waals surface area (Å²) in [6.07, 6.45) is -9.53. The van der Waals surface area contributed by atoms with Gasteiger partial charge in [-0.2, -0.15) is 0 Å². The van der Waals surface area contributed by atoms with Crippen molar-refractivity contribution in [2.75, 3.05) is 6.61 Å². The maximum atomic E-state index is 12.5. The van der Waals surface area contributed by atoms with Crippen molar-refractivity contribution in [3.05, 3.63) is 0 Å². The van der Waals surface area contributed by atoms with Crippen LogP contribution in [0.2, 0.25) is 0 Å². The maximum Gasteiger partial charge on any atom is 0.306 e. The van der Waals surface area contributed by atoms with Gasteiger partial charge in [-0.1, -0.05) is 58.3 Å². The van der Waals surface area contributed by atoms with E-state index in [1.165, 1.54) is 25.7 Å². The molecule has 12 heteroatoms.